The van der Waals surface area contributed by atoms with Crippen molar-refractivity contribution in [2.45, 2.75) is 56.9 Å². The fourth-order valence-corrected chi connectivity index (χ4v) is 5.67. The van der Waals surface area contributed by atoms with Crippen LogP contribution in [0.15, 0.2) is 18.2 Å². The molecule has 0 unspecified atom stereocenters. The van der Waals surface area contributed by atoms with Crippen molar-refractivity contribution in [3.05, 3.63) is 34.6 Å². The standard InChI is InChI=1S/C20H30ClFN2O2S/c1-27(25,26)24-12-9-18(10-13-24)23-11-8-15-2-4-16(5-3-15)19-7-6-17(22)14-20(19)21/h6-7,14-16,18,23H,2-5,8-13H2,1H3/t15-,16+. The van der Waals surface area contributed by atoms with Crippen LogP contribution in [0.25, 0.3) is 0 Å². The van der Waals surface area contributed by atoms with Gasteiger partial charge in [-0.15, -0.1) is 0 Å². The zero-order valence-electron chi connectivity index (χ0n) is 16.0. The Hall–Kier alpha value is -0.690. The van der Waals surface area contributed by atoms with Gasteiger partial charge in [0.1, 0.15) is 5.82 Å². The summed E-state index contributed by atoms with van der Waals surface area (Å²) in [4.78, 5) is 0. The average molecular weight is 417 g/mol. The quantitative estimate of drug-likeness (QED) is 0.757. The van der Waals surface area contributed by atoms with Gasteiger partial charge in [0.15, 0.2) is 0 Å². The Morgan fingerprint density at radius 3 is 2.41 bits per heavy atom. The SMILES string of the molecule is CS(=O)(=O)N1CCC(NCC[C@H]2CC[C@@H](c3ccc(F)cc3Cl)CC2)CC1. The van der Waals surface area contributed by atoms with Crippen molar-refractivity contribution >= 4 is 21.6 Å². The Kier molecular flexibility index (Phi) is 7.17. The van der Waals surface area contributed by atoms with Crippen molar-refractivity contribution in [3.8, 4) is 0 Å². The molecule has 0 radical (unpaired) electrons. The molecule has 27 heavy (non-hydrogen) atoms. The highest BCUT2D eigenvalue weighted by Crippen LogP contribution is 2.39. The number of hydrogen-bond acceptors (Lipinski definition) is 3. The average Bonchev–Trinajstić information content (AvgIpc) is 2.62. The van der Waals surface area contributed by atoms with E-state index in [1.807, 2.05) is 6.07 Å². The molecule has 1 N–H and O–H groups in total. The van der Waals surface area contributed by atoms with E-state index in [-0.39, 0.29) is 5.82 Å². The summed E-state index contributed by atoms with van der Waals surface area (Å²) >= 11 is 6.22. The molecule has 2 aliphatic rings. The van der Waals surface area contributed by atoms with E-state index in [9.17, 15) is 12.8 Å². The summed E-state index contributed by atoms with van der Waals surface area (Å²) in [5.74, 6) is 0.901. The number of nitrogens with one attached hydrogen (secondary N) is 1. The summed E-state index contributed by atoms with van der Waals surface area (Å²) in [6.45, 7) is 2.25. The Bertz CT molecular complexity index is 727. The van der Waals surface area contributed by atoms with Crippen LogP contribution in [0.5, 0.6) is 0 Å². The second-order valence-electron chi connectivity index (χ2n) is 8.06. The van der Waals surface area contributed by atoms with E-state index in [4.69, 9.17) is 11.6 Å². The van der Waals surface area contributed by atoms with Crippen molar-refractivity contribution in [1.82, 2.24) is 9.62 Å². The van der Waals surface area contributed by atoms with E-state index < -0.39 is 10.0 Å². The molecule has 1 aliphatic heterocycles. The molecule has 7 heteroatoms. The van der Waals surface area contributed by atoms with E-state index in [1.54, 1.807) is 4.31 Å². The molecule has 1 saturated heterocycles. The third kappa shape index (κ3) is 5.89. The monoisotopic (exact) mass is 416 g/mol. The van der Waals surface area contributed by atoms with E-state index in [0.29, 0.717) is 30.1 Å². The van der Waals surface area contributed by atoms with Gasteiger partial charge >= 0.3 is 0 Å². The predicted molar refractivity (Wildman–Crippen MR) is 108 cm³/mol. The lowest BCUT2D eigenvalue weighted by Crippen LogP contribution is -2.44. The number of hydrogen-bond donors (Lipinski definition) is 1. The smallest absolute Gasteiger partial charge is 0.211 e. The Labute approximate surface area is 167 Å². The van der Waals surface area contributed by atoms with Crippen molar-refractivity contribution in [3.63, 3.8) is 0 Å². The maximum absolute atomic E-state index is 13.2. The lowest BCUT2D eigenvalue weighted by molar-refractivity contribution is 0.270. The van der Waals surface area contributed by atoms with Crippen molar-refractivity contribution in [1.29, 1.82) is 0 Å². The minimum absolute atomic E-state index is 0.272. The summed E-state index contributed by atoms with van der Waals surface area (Å²) in [6, 6.07) is 5.19. The molecule has 0 bridgehead atoms. The highest BCUT2D eigenvalue weighted by Gasteiger charge is 2.26. The topological polar surface area (TPSA) is 49.4 Å². The van der Waals surface area contributed by atoms with Gasteiger partial charge < -0.3 is 5.32 Å². The van der Waals surface area contributed by atoms with Crippen LogP contribution < -0.4 is 5.32 Å². The summed E-state index contributed by atoms with van der Waals surface area (Å²) in [7, 11) is -3.05. The number of halogens is 2. The minimum atomic E-state index is -3.05. The van der Waals surface area contributed by atoms with Gasteiger partial charge in [0, 0.05) is 24.2 Å². The van der Waals surface area contributed by atoms with Crippen LogP contribution in [0.3, 0.4) is 0 Å². The van der Waals surface area contributed by atoms with Crippen LogP contribution in [0.4, 0.5) is 4.39 Å². The molecule has 0 spiro atoms. The third-order valence-electron chi connectivity index (χ3n) is 6.16. The molecule has 0 atom stereocenters. The number of piperidine rings is 1. The number of sulfonamides is 1. The van der Waals surface area contributed by atoms with Gasteiger partial charge in [-0.3, -0.25) is 0 Å². The molecule has 0 aromatic heterocycles. The molecule has 1 aromatic rings. The fourth-order valence-electron chi connectivity index (χ4n) is 4.48. The van der Waals surface area contributed by atoms with Crippen LogP contribution in [0.1, 0.15) is 56.4 Å². The zero-order valence-corrected chi connectivity index (χ0v) is 17.5. The van der Waals surface area contributed by atoms with Gasteiger partial charge in [0.25, 0.3) is 0 Å². The van der Waals surface area contributed by atoms with E-state index in [1.165, 1.54) is 31.2 Å². The molecule has 1 heterocycles. The lowest BCUT2D eigenvalue weighted by Gasteiger charge is -2.32. The first-order valence-electron chi connectivity index (χ1n) is 9.96. The number of rotatable bonds is 6. The first-order chi connectivity index (χ1) is 12.8. The summed E-state index contributed by atoms with van der Waals surface area (Å²) in [5, 5.41) is 4.17. The molecular weight excluding hydrogens is 387 g/mol. The van der Waals surface area contributed by atoms with Crippen LogP contribution >= 0.6 is 11.6 Å². The second kappa shape index (κ2) is 9.21. The van der Waals surface area contributed by atoms with Crippen molar-refractivity contribution < 1.29 is 12.8 Å². The molecule has 1 saturated carbocycles. The second-order valence-corrected chi connectivity index (χ2v) is 10.5. The zero-order chi connectivity index (χ0) is 19.4. The molecule has 1 aliphatic carbocycles. The highest BCUT2D eigenvalue weighted by atomic mass is 35.5. The third-order valence-corrected chi connectivity index (χ3v) is 7.79. The number of benzene rings is 1. The van der Waals surface area contributed by atoms with E-state index >= 15 is 0 Å². The Balaban J connectivity index is 1.36. The molecule has 2 fully saturated rings. The molecule has 1 aromatic carbocycles. The van der Waals surface area contributed by atoms with E-state index in [2.05, 4.69) is 5.32 Å². The molecular formula is C20H30ClFN2O2S. The fraction of sp³-hybridized carbons (Fsp3) is 0.700. The predicted octanol–water partition coefficient (Wildman–Crippen LogP) is 4.16. The minimum Gasteiger partial charge on any atom is -0.314 e. The molecule has 0 amide bonds. The van der Waals surface area contributed by atoms with Crippen LogP contribution in [0, 0.1) is 11.7 Å². The van der Waals surface area contributed by atoms with Gasteiger partial charge in [-0.05, 0) is 81.0 Å². The summed E-state index contributed by atoms with van der Waals surface area (Å²) in [6.07, 6.45) is 8.84. The highest BCUT2D eigenvalue weighted by molar-refractivity contribution is 7.88. The first kappa shape index (κ1) is 21.0. The molecule has 3 rings (SSSR count). The van der Waals surface area contributed by atoms with Crippen molar-refractivity contribution in [2.75, 3.05) is 25.9 Å². The van der Waals surface area contributed by atoms with Gasteiger partial charge in [-0.2, -0.15) is 0 Å². The maximum Gasteiger partial charge on any atom is 0.211 e. The first-order valence-corrected chi connectivity index (χ1v) is 12.2. The van der Waals surface area contributed by atoms with Gasteiger partial charge in [-0.25, -0.2) is 17.1 Å². The van der Waals surface area contributed by atoms with Gasteiger partial charge in [-0.1, -0.05) is 17.7 Å². The largest absolute Gasteiger partial charge is 0.314 e. The lowest BCUT2D eigenvalue weighted by atomic mass is 9.77. The van der Waals surface area contributed by atoms with Gasteiger partial charge in [0.2, 0.25) is 10.0 Å². The number of nitrogens with zero attached hydrogens (tertiary/aromatic N) is 1. The molecule has 4 nitrogen and oxygen atoms in total. The van der Waals surface area contributed by atoms with Crippen LogP contribution in [-0.4, -0.2) is 44.7 Å². The Morgan fingerprint density at radius 2 is 1.81 bits per heavy atom. The van der Waals surface area contributed by atoms with E-state index in [0.717, 1.165) is 50.1 Å². The Morgan fingerprint density at radius 1 is 1.15 bits per heavy atom. The molecule has 152 valence electrons. The normalized spacial score (nSPS) is 25.6. The summed E-state index contributed by atoms with van der Waals surface area (Å²) < 4.78 is 37.9. The summed E-state index contributed by atoms with van der Waals surface area (Å²) in [5.41, 5.74) is 1.09. The van der Waals surface area contributed by atoms with Crippen LogP contribution in [0.2, 0.25) is 5.02 Å². The van der Waals surface area contributed by atoms with Crippen LogP contribution in [-0.2, 0) is 10.0 Å². The van der Waals surface area contributed by atoms with Crippen molar-refractivity contribution in [2.24, 2.45) is 5.92 Å². The van der Waals surface area contributed by atoms with Gasteiger partial charge in [0.05, 0.1) is 6.26 Å². The maximum atomic E-state index is 13.2.